The molecular formula is C65H42N2. The summed E-state index contributed by atoms with van der Waals surface area (Å²) in [5, 5.41) is 5.00. The second kappa shape index (κ2) is 14.7. The maximum Gasteiger partial charge on any atom is 0.0725 e. The molecule has 0 bridgehead atoms. The van der Waals surface area contributed by atoms with Crippen molar-refractivity contribution < 1.29 is 0 Å². The van der Waals surface area contributed by atoms with Gasteiger partial charge in [-0.05, 0) is 144 Å². The van der Waals surface area contributed by atoms with Crippen LogP contribution in [0.15, 0.2) is 255 Å². The Labute approximate surface area is 389 Å². The van der Waals surface area contributed by atoms with Crippen LogP contribution in [0.5, 0.6) is 0 Å². The molecular weight excluding hydrogens is 809 g/mol. The number of hydrogen-bond acceptors (Lipinski definition) is 1. The summed E-state index contributed by atoms with van der Waals surface area (Å²) >= 11 is 0. The maximum absolute atomic E-state index is 2.44. The quantitative estimate of drug-likeness (QED) is 0.162. The molecule has 1 aromatic heterocycles. The molecule has 14 rings (SSSR count). The zero-order valence-corrected chi connectivity index (χ0v) is 36.6. The first kappa shape index (κ1) is 37.6. The molecule has 67 heavy (non-hydrogen) atoms. The normalized spacial score (nSPS) is 12.9. The topological polar surface area (TPSA) is 8.17 Å². The monoisotopic (exact) mass is 850 g/mol. The van der Waals surface area contributed by atoms with Crippen LogP contribution in [0.3, 0.4) is 0 Å². The number of rotatable bonds is 6. The first-order valence-electron chi connectivity index (χ1n) is 23.3. The summed E-state index contributed by atoms with van der Waals surface area (Å²) in [5.41, 5.74) is 21.9. The summed E-state index contributed by atoms with van der Waals surface area (Å²) in [6.07, 6.45) is 0. The molecule has 0 amide bonds. The lowest BCUT2D eigenvalue weighted by Crippen LogP contribution is -2.25. The van der Waals surface area contributed by atoms with Crippen LogP contribution >= 0.6 is 0 Å². The van der Waals surface area contributed by atoms with Crippen LogP contribution in [0.25, 0.3) is 82.8 Å². The van der Waals surface area contributed by atoms with Crippen molar-refractivity contribution in [3.8, 4) is 50.2 Å². The predicted molar refractivity (Wildman–Crippen MR) is 280 cm³/mol. The predicted octanol–water partition coefficient (Wildman–Crippen LogP) is 17.1. The third-order valence-corrected chi connectivity index (χ3v) is 14.6. The Morgan fingerprint density at radius 2 is 0.776 bits per heavy atom. The third-order valence-electron chi connectivity index (χ3n) is 14.6. The summed E-state index contributed by atoms with van der Waals surface area (Å²) in [4.78, 5) is 2.43. The standard InChI is InChI=1S/C65H42N2/c1-2-17-47(18-3-1)67-63-28-13-9-23-56(63)58-41-46(33-40-64(58)67)43-29-34-48(35-30-43)66(49-36-31-45(32-37-49)52-24-14-16-44-15-4-5-19-51(44)52)50-38-39-62-57(42-50)55-22-8-12-27-61(55)65(62)59-25-10-6-20-53(59)54-21-7-11-26-60(54)65/h1-42H. The van der Waals surface area contributed by atoms with Gasteiger partial charge in [0, 0.05) is 33.5 Å². The molecule has 2 heteroatoms. The van der Waals surface area contributed by atoms with Crippen LogP contribution in [0.1, 0.15) is 22.3 Å². The highest BCUT2D eigenvalue weighted by molar-refractivity contribution is 6.10. The Kier molecular flexibility index (Phi) is 8.23. The maximum atomic E-state index is 2.44. The van der Waals surface area contributed by atoms with E-state index in [1.807, 2.05) is 0 Å². The highest BCUT2D eigenvalue weighted by atomic mass is 15.1. The zero-order valence-electron chi connectivity index (χ0n) is 36.6. The van der Waals surface area contributed by atoms with Crippen LogP contribution < -0.4 is 4.90 Å². The fourth-order valence-corrected chi connectivity index (χ4v) is 11.8. The fourth-order valence-electron chi connectivity index (χ4n) is 11.8. The van der Waals surface area contributed by atoms with E-state index in [-0.39, 0.29) is 0 Å². The first-order valence-corrected chi connectivity index (χ1v) is 23.3. The van der Waals surface area contributed by atoms with E-state index in [2.05, 4.69) is 264 Å². The van der Waals surface area contributed by atoms with Crippen molar-refractivity contribution in [3.05, 3.63) is 277 Å². The van der Waals surface area contributed by atoms with Crippen LogP contribution in [-0.2, 0) is 5.41 Å². The van der Waals surface area contributed by atoms with E-state index >= 15 is 0 Å². The molecule has 0 saturated heterocycles. The highest BCUT2D eigenvalue weighted by Crippen LogP contribution is 2.63. The molecule has 0 atom stereocenters. The Bertz CT molecular complexity index is 3860. The zero-order chi connectivity index (χ0) is 44.1. The number of hydrogen-bond donors (Lipinski definition) is 0. The van der Waals surface area contributed by atoms with Crippen molar-refractivity contribution in [1.82, 2.24) is 4.57 Å². The van der Waals surface area contributed by atoms with Gasteiger partial charge in [-0.25, -0.2) is 0 Å². The Morgan fingerprint density at radius 1 is 0.284 bits per heavy atom. The van der Waals surface area contributed by atoms with Crippen LogP contribution in [0.4, 0.5) is 17.1 Å². The summed E-state index contributed by atoms with van der Waals surface area (Å²) in [6.45, 7) is 0. The van der Waals surface area contributed by atoms with Crippen LogP contribution in [0.2, 0.25) is 0 Å². The molecule has 0 fully saturated rings. The van der Waals surface area contributed by atoms with E-state index < -0.39 is 5.41 Å². The molecule has 0 N–H and O–H groups in total. The first-order chi connectivity index (χ1) is 33.2. The van der Waals surface area contributed by atoms with Gasteiger partial charge in [-0.15, -0.1) is 0 Å². The summed E-state index contributed by atoms with van der Waals surface area (Å²) in [5.74, 6) is 0. The van der Waals surface area contributed by atoms with Crippen LogP contribution in [0, 0.1) is 0 Å². The van der Waals surface area contributed by atoms with Crippen molar-refractivity contribution in [3.63, 3.8) is 0 Å². The molecule has 0 saturated carbocycles. The number of benzene rings is 11. The van der Waals surface area contributed by atoms with Gasteiger partial charge >= 0.3 is 0 Å². The second-order valence-corrected chi connectivity index (χ2v) is 18.0. The lowest BCUT2D eigenvalue weighted by molar-refractivity contribution is 0.794. The molecule has 0 unspecified atom stereocenters. The molecule has 0 radical (unpaired) electrons. The molecule has 2 nitrogen and oxygen atoms in total. The Hall–Kier alpha value is -8.72. The smallest absolute Gasteiger partial charge is 0.0725 e. The number of anilines is 3. The number of nitrogens with zero attached hydrogens (tertiary/aromatic N) is 2. The Balaban J connectivity index is 0.918. The van der Waals surface area contributed by atoms with Gasteiger partial charge in [0.2, 0.25) is 0 Å². The summed E-state index contributed by atoms with van der Waals surface area (Å²) in [7, 11) is 0. The number of para-hydroxylation sites is 2. The van der Waals surface area contributed by atoms with Crippen LogP contribution in [-0.4, -0.2) is 4.57 Å². The molecule has 1 spiro atoms. The molecule has 312 valence electrons. The van der Waals surface area contributed by atoms with Gasteiger partial charge in [-0.1, -0.05) is 188 Å². The lowest BCUT2D eigenvalue weighted by atomic mass is 9.70. The van der Waals surface area contributed by atoms with Gasteiger partial charge < -0.3 is 9.47 Å². The van der Waals surface area contributed by atoms with E-state index in [1.54, 1.807) is 0 Å². The summed E-state index contributed by atoms with van der Waals surface area (Å²) in [6, 6.07) is 94.2. The lowest BCUT2D eigenvalue weighted by Gasteiger charge is -2.31. The van der Waals surface area contributed by atoms with Gasteiger partial charge in [0.05, 0.1) is 16.4 Å². The molecule has 12 aromatic rings. The largest absolute Gasteiger partial charge is 0.310 e. The van der Waals surface area contributed by atoms with Gasteiger partial charge in [0.1, 0.15) is 0 Å². The minimum atomic E-state index is -0.390. The van der Waals surface area contributed by atoms with E-state index in [4.69, 9.17) is 0 Å². The van der Waals surface area contributed by atoms with E-state index in [0.717, 1.165) is 17.1 Å². The van der Waals surface area contributed by atoms with Crippen molar-refractivity contribution in [2.24, 2.45) is 0 Å². The van der Waals surface area contributed by atoms with Crippen molar-refractivity contribution >= 4 is 49.6 Å². The minimum Gasteiger partial charge on any atom is -0.310 e. The SMILES string of the molecule is c1ccc(-n2c3ccccc3c3cc(-c4ccc(N(c5ccc(-c6cccc7ccccc67)cc5)c5ccc6c(c5)-c5ccccc5C65c6ccccc6-c6ccccc65)cc4)ccc32)cc1. The van der Waals surface area contributed by atoms with Crippen molar-refractivity contribution in [2.45, 2.75) is 5.41 Å². The van der Waals surface area contributed by atoms with E-state index in [1.165, 1.54) is 105 Å². The fraction of sp³-hybridized carbons (Fsp3) is 0.0154. The molecule has 11 aromatic carbocycles. The third kappa shape index (κ3) is 5.51. The highest BCUT2D eigenvalue weighted by Gasteiger charge is 2.51. The van der Waals surface area contributed by atoms with Gasteiger partial charge in [0.15, 0.2) is 0 Å². The van der Waals surface area contributed by atoms with Gasteiger partial charge in [0.25, 0.3) is 0 Å². The van der Waals surface area contributed by atoms with E-state index in [9.17, 15) is 0 Å². The molecule has 2 aliphatic rings. The average Bonchev–Trinajstić information content (AvgIpc) is 4.01. The van der Waals surface area contributed by atoms with Gasteiger partial charge in [-0.2, -0.15) is 0 Å². The number of fused-ring (bicyclic) bond motifs is 14. The Morgan fingerprint density at radius 3 is 1.48 bits per heavy atom. The number of aromatic nitrogens is 1. The van der Waals surface area contributed by atoms with E-state index in [0.29, 0.717) is 0 Å². The minimum absolute atomic E-state index is 0.390. The van der Waals surface area contributed by atoms with Crippen molar-refractivity contribution in [1.29, 1.82) is 0 Å². The molecule has 0 aliphatic heterocycles. The van der Waals surface area contributed by atoms with Gasteiger partial charge in [-0.3, -0.25) is 0 Å². The average molecular weight is 851 g/mol. The molecule has 1 heterocycles. The van der Waals surface area contributed by atoms with Crippen molar-refractivity contribution in [2.75, 3.05) is 4.90 Å². The second-order valence-electron chi connectivity index (χ2n) is 18.0. The molecule has 2 aliphatic carbocycles. The summed E-state index contributed by atoms with van der Waals surface area (Å²) < 4.78 is 2.38.